The molecule has 26 heavy (non-hydrogen) atoms. The summed E-state index contributed by atoms with van der Waals surface area (Å²) in [5.41, 5.74) is 5.19. The van der Waals surface area contributed by atoms with Gasteiger partial charge in [0.25, 0.3) is 5.91 Å². The van der Waals surface area contributed by atoms with Crippen LogP contribution in [-0.4, -0.2) is 22.1 Å². The van der Waals surface area contributed by atoms with E-state index in [9.17, 15) is 4.79 Å². The fourth-order valence-electron chi connectivity index (χ4n) is 2.89. The highest BCUT2D eigenvalue weighted by Crippen LogP contribution is 2.27. The van der Waals surface area contributed by atoms with E-state index in [0.717, 1.165) is 16.5 Å². The maximum absolute atomic E-state index is 11.9. The molecule has 1 amide bonds. The smallest absolute Gasteiger partial charge is 0.271 e. The van der Waals surface area contributed by atoms with Crippen molar-refractivity contribution in [2.45, 2.75) is 0 Å². The number of fused-ring (bicyclic) bond motifs is 3. The molecule has 0 saturated heterocycles. The topological polar surface area (TPSA) is 70.1 Å². The largest absolute Gasteiger partial charge is 0.360 e. The van der Waals surface area contributed by atoms with Gasteiger partial charge < -0.3 is 4.98 Å². The number of rotatable bonds is 4. The van der Waals surface area contributed by atoms with Crippen molar-refractivity contribution in [3.05, 3.63) is 84.3 Å². The lowest BCUT2D eigenvalue weighted by Gasteiger charge is -1.99. The molecule has 0 aliphatic rings. The zero-order valence-electron chi connectivity index (χ0n) is 13.9. The van der Waals surface area contributed by atoms with Crippen LogP contribution in [0.5, 0.6) is 0 Å². The second-order valence-electron chi connectivity index (χ2n) is 5.77. The first-order chi connectivity index (χ1) is 12.8. The summed E-state index contributed by atoms with van der Waals surface area (Å²) in [7, 11) is 0. The fourth-order valence-corrected chi connectivity index (χ4v) is 2.89. The van der Waals surface area contributed by atoms with Gasteiger partial charge in [0.15, 0.2) is 0 Å². The first-order valence-corrected chi connectivity index (χ1v) is 8.22. The van der Waals surface area contributed by atoms with Gasteiger partial charge in [-0.3, -0.25) is 9.78 Å². The Hall–Kier alpha value is -3.73. The molecule has 0 radical (unpaired) electrons. The van der Waals surface area contributed by atoms with E-state index >= 15 is 0 Å². The number of carbonyl (C=O) groups excluding carboxylic acids is 1. The van der Waals surface area contributed by atoms with Crippen molar-refractivity contribution in [1.29, 1.82) is 0 Å². The number of hydrogen-bond donors (Lipinski definition) is 2. The van der Waals surface area contributed by atoms with E-state index < -0.39 is 0 Å². The number of pyridine rings is 1. The summed E-state index contributed by atoms with van der Waals surface area (Å²) in [6.45, 7) is 0. The van der Waals surface area contributed by atoms with Crippen LogP contribution in [0.2, 0.25) is 0 Å². The third-order valence-corrected chi connectivity index (χ3v) is 4.16. The molecule has 5 heteroatoms. The standard InChI is InChI=1S/C21H16N4O/c26-21(16-9-12-22-13-10-16)25-24-11-3-5-17-14-23-20-18-6-2-1-4-15(18)7-8-19(17)20/h1-14,23H,(H,25,26)/b5-3+,24-11?. The summed E-state index contributed by atoms with van der Waals surface area (Å²) >= 11 is 0. The average molecular weight is 340 g/mol. The highest BCUT2D eigenvalue weighted by atomic mass is 16.2. The van der Waals surface area contributed by atoms with Crippen LogP contribution in [0.15, 0.2) is 78.3 Å². The Kier molecular flexibility index (Phi) is 4.26. The molecule has 2 aromatic heterocycles. The number of amides is 1. The number of nitrogens with one attached hydrogen (secondary N) is 2. The molecule has 4 aromatic rings. The van der Waals surface area contributed by atoms with Gasteiger partial charge in [0, 0.05) is 41.1 Å². The lowest BCUT2D eigenvalue weighted by atomic mass is 10.1. The summed E-state index contributed by atoms with van der Waals surface area (Å²) in [5, 5.41) is 7.49. The Balaban J connectivity index is 1.49. The van der Waals surface area contributed by atoms with Crippen LogP contribution in [-0.2, 0) is 0 Å². The molecular formula is C21H16N4O. The predicted molar refractivity (Wildman–Crippen MR) is 105 cm³/mol. The van der Waals surface area contributed by atoms with Gasteiger partial charge >= 0.3 is 0 Å². The Morgan fingerprint density at radius 3 is 2.77 bits per heavy atom. The summed E-state index contributed by atoms with van der Waals surface area (Å²) in [6, 6.07) is 15.8. The third kappa shape index (κ3) is 3.10. The summed E-state index contributed by atoms with van der Waals surface area (Å²) in [6.07, 6.45) is 10.4. The lowest BCUT2D eigenvalue weighted by molar-refractivity contribution is 0.0955. The van der Waals surface area contributed by atoms with E-state index in [0.29, 0.717) is 5.56 Å². The fraction of sp³-hybridized carbons (Fsp3) is 0. The molecule has 126 valence electrons. The van der Waals surface area contributed by atoms with Gasteiger partial charge in [0.05, 0.1) is 5.52 Å². The summed E-state index contributed by atoms with van der Waals surface area (Å²) in [4.78, 5) is 19.1. The number of nitrogens with zero attached hydrogens (tertiary/aromatic N) is 2. The van der Waals surface area contributed by atoms with Crippen LogP contribution in [0, 0.1) is 0 Å². The Labute approximate surface area is 150 Å². The second kappa shape index (κ2) is 7.03. The van der Waals surface area contributed by atoms with E-state index in [2.05, 4.69) is 44.8 Å². The number of hydrogen-bond acceptors (Lipinski definition) is 3. The third-order valence-electron chi connectivity index (χ3n) is 4.16. The van der Waals surface area contributed by atoms with Gasteiger partial charge in [0.1, 0.15) is 0 Å². The molecule has 0 fully saturated rings. The normalized spacial score (nSPS) is 11.7. The first kappa shape index (κ1) is 15.8. The van der Waals surface area contributed by atoms with E-state index in [4.69, 9.17) is 0 Å². The van der Waals surface area contributed by atoms with E-state index in [1.54, 1.807) is 36.8 Å². The van der Waals surface area contributed by atoms with Crippen molar-refractivity contribution in [2.75, 3.05) is 0 Å². The molecule has 0 unspecified atom stereocenters. The molecule has 0 saturated carbocycles. The Morgan fingerprint density at radius 1 is 1.04 bits per heavy atom. The first-order valence-electron chi connectivity index (χ1n) is 8.22. The molecule has 0 bridgehead atoms. The number of aromatic nitrogens is 2. The van der Waals surface area contributed by atoms with Crippen LogP contribution in [0.4, 0.5) is 0 Å². The van der Waals surface area contributed by atoms with Gasteiger partial charge in [-0.25, -0.2) is 5.43 Å². The van der Waals surface area contributed by atoms with Crippen LogP contribution in [0.1, 0.15) is 15.9 Å². The number of allylic oxidation sites excluding steroid dienone is 1. The SMILES string of the molecule is O=C(NN=C/C=C/c1c[nH]c2c1ccc1ccccc12)c1ccncc1. The van der Waals surface area contributed by atoms with Crippen molar-refractivity contribution in [2.24, 2.45) is 5.10 Å². The number of hydrazone groups is 1. The highest BCUT2D eigenvalue weighted by molar-refractivity contribution is 6.08. The highest BCUT2D eigenvalue weighted by Gasteiger charge is 2.04. The van der Waals surface area contributed by atoms with Crippen molar-refractivity contribution in [3.63, 3.8) is 0 Å². The molecular weight excluding hydrogens is 324 g/mol. The number of H-pyrrole nitrogens is 1. The van der Waals surface area contributed by atoms with Gasteiger partial charge in [-0.15, -0.1) is 0 Å². The monoisotopic (exact) mass is 340 g/mol. The quantitative estimate of drug-likeness (QED) is 0.433. The molecule has 5 nitrogen and oxygen atoms in total. The summed E-state index contributed by atoms with van der Waals surface area (Å²) < 4.78 is 0. The number of aromatic amines is 1. The lowest BCUT2D eigenvalue weighted by Crippen LogP contribution is -2.17. The van der Waals surface area contributed by atoms with E-state index in [1.165, 1.54) is 10.8 Å². The molecule has 0 atom stereocenters. The van der Waals surface area contributed by atoms with Crippen LogP contribution in [0.25, 0.3) is 27.8 Å². The molecule has 4 rings (SSSR count). The molecule has 0 aliphatic carbocycles. The van der Waals surface area contributed by atoms with Crippen molar-refractivity contribution in [3.8, 4) is 0 Å². The minimum Gasteiger partial charge on any atom is -0.360 e. The van der Waals surface area contributed by atoms with Gasteiger partial charge in [-0.1, -0.05) is 42.5 Å². The predicted octanol–water partition coefficient (Wildman–Crippen LogP) is 4.15. The Morgan fingerprint density at radius 2 is 1.88 bits per heavy atom. The summed E-state index contributed by atoms with van der Waals surface area (Å²) in [5.74, 6) is -0.268. The van der Waals surface area contributed by atoms with Crippen molar-refractivity contribution in [1.82, 2.24) is 15.4 Å². The van der Waals surface area contributed by atoms with Gasteiger partial charge in [-0.2, -0.15) is 5.10 Å². The molecule has 2 N–H and O–H groups in total. The van der Waals surface area contributed by atoms with Gasteiger partial charge in [-0.05, 0) is 29.2 Å². The van der Waals surface area contributed by atoms with Gasteiger partial charge in [0.2, 0.25) is 0 Å². The minimum atomic E-state index is -0.268. The van der Waals surface area contributed by atoms with Crippen LogP contribution in [0.3, 0.4) is 0 Å². The molecule has 0 spiro atoms. The number of benzene rings is 2. The maximum atomic E-state index is 11.9. The van der Waals surface area contributed by atoms with E-state index in [1.807, 2.05) is 24.4 Å². The second-order valence-corrected chi connectivity index (χ2v) is 5.77. The maximum Gasteiger partial charge on any atom is 0.271 e. The minimum absolute atomic E-state index is 0.268. The molecule has 0 aliphatic heterocycles. The van der Waals surface area contributed by atoms with Crippen LogP contribution < -0.4 is 5.43 Å². The zero-order chi connectivity index (χ0) is 17.8. The van der Waals surface area contributed by atoms with Crippen LogP contribution >= 0.6 is 0 Å². The molecule has 2 aromatic carbocycles. The average Bonchev–Trinajstić information content (AvgIpc) is 3.12. The number of carbonyl (C=O) groups is 1. The van der Waals surface area contributed by atoms with Crippen molar-refractivity contribution < 1.29 is 4.79 Å². The zero-order valence-corrected chi connectivity index (χ0v) is 13.9. The molecule has 2 heterocycles. The Bertz CT molecular complexity index is 1130. The van der Waals surface area contributed by atoms with E-state index in [-0.39, 0.29) is 5.91 Å². The van der Waals surface area contributed by atoms with Crippen molar-refractivity contribution >= 4 is 39.9 Å².